The minimum absolute atomic E-state index is 0.745. The molecular formula is C12H19N3O2S. The first kappa shape index (κ1) is 13.5. The van der Waals surface area contributed by atoms with Crippen LogP contribution < -0.4 is 4.90 Å². The lowest BCUT2D eigenvalue weighted by Crippen LogP contribution is -2.47. The molecule has 0 radical (unpaired) electrons. The second kappa shape index (κ2) is 6.29. The SMILES string of the molecule is CN(C)OS(=O)N1CCN(c2ccccc2)CC1. The lowest BCUT2D eigenvalue weighted by molar-refractivity contribution is 0.00549. The van der Waals surface area contributed by atoms with Crippen molar-refractivity contribution < 1.29 is 8.49 Å². The van der Waals surface area contributed by atoms with Gasteiger partial charge in [0.05, 0.1) is 0 Å². The van der Waals surface area contributed by atoms with Crippen LogP contribution in [0.2, 0.25) is 0 Å². The highest BCUT2D eigenvalue weighted by Gasteiger charge is 2.22. The molecule has 0 amide bonds. The van der Waals surface area contributed by atoms with Crippen LogP contribution in [0.3, 0.4) is 0 Å². The number of para-hydroxylation sites is 1. The highest BCUT2D eigenvalue weighted by molar-refractivity contribution is 7.77. The molecule has 0 spiro atoms. The smallest absolute Gasteiger partial charge is 0.255 e. The van der Waals surface area contributed by atoms with Crippen molar-refractivity contribution in [2.24, 2.45) is 0 Å². The summed E-state index contributed by atoms with van der Waals surface area (Å²) in [5, 5.41) is 1.47. The summed E-state index contributed by atoms with van der Waals surface area (Å²) in [5.74, 6) is 0. The van der Waals surface area contributed by atoms with Crippen molar-refractivity contribution in [3.63, 3.8) is 0 Å². The molecule has 1 unspecified atom stereocenters. The number of anilines is 1. The quantitative estimate of drug-likeness (QED) is 0.760. The van der Waals surface area contributed by atoms with E-state index in [4.69, 9.17) is 4.28 Å². The van der Waals surface area contributed by atoms with Crippen LogP contribution in [0.1, 0.15) is 0 Å². The van der Waals surface area contributed by atoms with Gasteiger partial charge in [-0.3, -0.25) is 0 Å². The van der Waals surface area contributed by atoms with Gasteiger partial charge >= 0.3 is 0 Å². The maximum atomic E-state index is 11.8. The van der Waals surface area contributed by atoms with Crippen LogP contribution in [-0.4, -0.2) is 53.9 Å². The molecule has 2 rings (SSSR count). The predicted octanol–water partition coefficient (Wildman–Crippen LogP) is 0.880. The van der Waals surface area contributed by atoms with E-state index in [1.165, 1.54) is 10.8 Å². The Bertz CT molecular complexity index is 392. The van der Waals surface area contributed by atoms with Crippen molar-refractivity contribution in [3.8, 4) is 0 Å². The Labute approximate surface area is 111 Å². The van der Waals surface area contributed by atoms with E-state index in [0.29, 0.717) is 0 Å². The van der Waals surface area contributed by atoms with Gasteiger partial charge in [0.25, 0.3) is 11.3 Å². The van der Waals surface area contributed by atoms with Gasteiger partial charge in [-0.25, -0.2) is 4.21 Å². The summed E-state index contributed by atoms with van der Waals surface area (Å²) in [6.45, 7) is 3.23. The van der Waals surface area contributed by atoms with Crippen molar-refractivity contribution in [1.29, 1.82) is 0 Å². The third-order valence-corrected chi connectivity index (χ3v) is 4.00. The second-order valence-corrected chi connectivity index (χ2v) is 5.46. The molecule has 1 saturated heterocycles. The van der Waals surface area contributed by atoms with Crippen molar-refractivity contribution in [1.82, 2.24) is 9.37 Å². The molecule has 0 bridgehead atoms. The summed E-state index contributed by atoms with van der Waals surface area (Å²) < 4.78 is 18.8. The average molecular weight is 269 g/mol. The van der Waals surface area contributed by atoms with Crippen LogP contribution in [0.5, 0.6) is 0 Å². The van der Waals surface area contributed by atoms with Gasteiger partial charge in [-0.2, -0.15) is 13.7 Å². The molecule has 0 N–H and O–H groups in total. The molecule has 1 aliphatic rings. The normalized spacial score (nSPS) is 19.2. The summed E-state index contributed by atoms with van der Waals surface area (Å²) in [6.07, 6.45) is 0. The zero-order valence-electron chi connectivity index (χ0n) is 10.8. The Balaban J connectivity index is 1.87. The summed E-state index contributed by atoms with van der Waals surface area (Å²) in [5.41, 5.74) is 1.22. The van der Waals surface area contributed by atoms with Crippen LogP contribution in [-0.2, 0) is 15.6 Å². The van der Waals surface area contributed by atoms with E-state index in [9.17, 15) is 4.21 Å². The zero-order valence-corrected chi connectivity index (χ0v) is 11.6. The lowest BCUT2D eigenvalue weighted by atomic mass is 10.2. The fourth-order valence-corrected chi connectivity index (χ4v) is 2.72. The molecule has 6 heteroatoms. The maximum absolute atomic E-state index is 11.8. The Morgan fingerprint density at radius 2 is 1.72 bits per heavy atom. The molecule has 1 aromatic rings. The van der Waals surface area contributed by atoms with Gasteiger partial charge in [-0.1, -0.05) is 18.2 Å². The van der Waals surface area contributed by atoms with Crippen molar-refractivity contribution in [2.45, 2.75) is 0 Å². The predicted molar refractivity (Wildman–Crippen MR) is 73.1 cm³/mol. The first-order valence-corrected chi connectivity index (χ1v) is 7.02. The number of rotatable bonds is 4. The number of hydroxylamine groups is 2. The maximum Gasteiger partial charge on any atom is 0.255 e. The number of nitrogens with zero attached hydrogens (tertiary/aromatic N) is 3. The summed E-state index contributed by atoms with van der Waals surface area (Å²) in [4.78, 5) is 2.30. The van der Waals surface area contributed by atoms with E-state index < -0.39 is 11.3 Å². The Morgan fingerprint density at radius 3 is 2.28 bits per heavy atom. The van der Waals surface area contributed by atoms with Gasteiger partial charge in [0.1, 0.15) is 0 Å². The Morgan fingerprint density at radius 1 is 1.11 bits per heavy atom. The fourth-order valence-electron chi connectivity index (χ4n) is 1.91. The standard InChI is InChI=1S/C12H19N3O2S/c1-13(2)17-18(16)15-10-8-14(9-11-15)12-6-4-3-5-7-12/h3-7H,8-11H2,1-2H3. The van der Waals surface area contributed by atoms with Gasteiger partial charge in [-0.15, -0.1) is 0 Å². The van der Waals surface area contributed by atoms with Gasteiger partial charge in [-0.05, 0) is 12.1 Å². The van der Waals surface area contributed by atoms with Gasteiger partial charge in [0, 0.05) is 46.0 Å². The molecule has 1 atom stereocenters. The minimum atomic E-state index is -1.38. The minimum Gasteiger partial charge on any atom is -0.369 e. The molecule has 0 aromatic heterocycles. The van der Waals surface area contributed by atoms with Crippen LogP contribution in [0, 0.1) is 0 Å². The third-order valence-electron chi connectivity index (χ3n) is 2.78. The van der Waals surface area contributed by atoms with Crippen LogP contribution in [0.4, 0.5) is 5.69 Å². The van der Waals surface area contributed by atoms with Crippen molar-refractivity contribution in [2.75, 3.05) is 45.2 Å². The van der Waals surface area contributed by atoms with E-state index in [0.717, 1.165) is 26.2 Å². The molecule has 1 fully saturated rings. The largest absolute Gasteiger partial charge is 0.369 e. The molecule has 5 nitrogen and oxygen atoms in total. The molecule has 100 valence electrons. The Hall–Kier alpha value is -0.950. The first-order valence-electron chi connectivity index (χ1n) is 5.99. The topological polar surface area (TPSA) is 36.0 Å². The molecule has 1 aliphatic heterocycles. The Kier molecular flexibility index (Phi) is 4.71. The average Bonchev–Trinajstić information content (AvgIpc) is 2.39. The molecular weight excluding hydrogens is 250 g/mol. The van der Waals surface area contributed by atoms with Gasteiger partial charge in [0.2, 0.25) is 0 Å². The van der Waals surface area contributed by atoms with Crippen molar-refractivity contribution in [3.05, 3.63) is 30.3 Å². The summed E-state index contributed by atoms with van der Waals surface area (Å²) >= 11 is -1.38. The summed E-state index contributed by atoms with van der Waals surface area (Å²) in [6, 6.07) is 10.3. The molecule has 1 heterocycles. The van der Waals surface area contributed by atoms with Crippen molar-refractivity contribution >= 4 is 17.0 Å². The molecule has 0 saturated carbocycles. The van der Waals surface area contributed by atoms with E-state index in [1.807, 2.05) is 22.5 Å². The molecule has 18 heavy (non-hydrogen) atoms. The van der Waals surface area contributed by atoms with E-state index in [1.54, 1.807) is 14.1 Å². The first-order chi connectivity index (χ1) is 8.66. The van der Waals surface area contributed by atoms with Crippen LogP contribution in [0.25, 0.3) is 0 Å². The molecule has 0 aliphatic carbocycles. The highest BCUT2D eigenvalue weighted by Crippen LogP contribution is 2.16. The summed E-state index contributed by atoms with van der Waals surface area (Å²) in [7, 11) is 3.47. The number of piperazine rings is 1. The van der Waals surface area contributed by atoms with Crippen LogP contribution in [0.15, 0.2) is 30.3 Å². The molecule has 1 aromatic carbocycles. The number of benzene rings is 1. The van der Waals surface area contributed by atoms with Gasteiger partial charge < -0.3 is 4.90 Å². The lowest BCUT2D eigenvalue weighted by Gasteiger charge is -2.34. The number of hydrogen-bond acceptors (Lipinski definition) is 4. The zero-order chi connectivity index (χ0) is 13.0. The third kappa shape index (κ3) is 3.52. The second-order valence-electron chi connectivity index (χ2n) is 4.36. The van der Waals surface area contributed by atoms with E-state index in [2.05, 4.69) is 17.0 Å². The van der Waals surface area contributed by atoms with E-state index >= 15 is 0 Å². The fraction of sp³-hybridized carbons (Fsp3) is 0.500. The number of hydrogen-bond donors (Lipinski definition) is 0. The monoisotopic (exact) mass is 269 g/mol. The van der Waals surface area contributed by atoms with E-state index in [-0.39, 0.29) is 0 Å². The van der Waals surface area contributed by atoms with Crippen LogP contribution >= 0.6 is 0 Å². The highest BCUT2D eigenvalue weighted by atomic mass is 32.2. The van der Waals surface area contributed by atoms with Gasteiger partial charge in [0.15, 0.2) is 0 Å².